The molecule has 3 rings (SSSR count). The standard InChI is InChI=1S/C18H14BrCl2NO4S/c1-10-2-8-13(9-3-10)27(24,25)22-16(11-4-6-12(19)7-5-11)17-14(20)15(21)18(23)26-17/h2-9,16-17,22H,1H3/t16-,17-/m1/s1. The first-order valence-corrected chi connectivity index (χ1v) is 10.8. The summed E-state index contributed by atoms with van der Waals surface area (Å²) in [6.45, 7) is 1.86. The Morgan fingerprint density at radius 1 is 1.07 bits per heavy atom. The summed E-state index contributed by atoms with van der Waals surface area (Å²) in [5, 5.41) is -0.292. The number of nitrogens with one attached hydrogen (secondary N) is 1. The number of aryl methyl sites for hydroxylation is 1. The monoisotopic (exact) mass is 489 g/mol. The molecule has 0 radical (unpaired) electrons. The number of hydrogen-bond acceptors (Lipinski definition) is 4. The van der Waals surface area contributed by atoms with E-state index in [4.69, 9.17) is 27.9 Å². The summed E-state index contributed by atoms with van der Waals surface area (Å²) in [7, 11) is -3.91. The lowest BCUT2D eigenvalue weighted by Gasteiger charge is -2.24. The molecule has 0 saturated heterocycles. The Morgan fingerprint density at radius 2 is 1.67 bits per heavy atom. The van der Waals surface area contributed by atoms with Gasteiger partial charge in [0.15, 0.2) is 6.10 Å². The first-order valence-electron chi connectivity index (χ1n) is 7.79. The van der Waals surface area contributed by atoms with Crippen LogP contribution in [0.5, 0.6) is 0 Å². The minimum Gasteiger partial charge on any atom is -0.450 e. The molecule has 1 aliphatic heterocycles. The number of benzene rings is 2. The van der Waals surface area contributed by atoms with E-state index in [9.17, 15) is 13.2 Å². The number of halogens is 3. The van der Waals surface area contributed by atoms with E-state index in [-0.39, 0.29) is 15.0 Å². The lowest BCUT2D eigenvalue weighted by Crippen LogP contribution is -2.37. The van der Waals surface area contributed by atoms with Gasteiger partial charge in [0.1, 0.15) is 5.03 Å². The Bertz CT molecular complexity index is 1000. The molecular formula is C18H14BrCl2NO4S. The minimum atomic E-state index is -3.91. The molecule has 5 nitrogen and oxygen atoms in total. The summed E-state index contributed by atoms with van der Waals surface area (Å²) in [6, 6.07) is 12.4. The summed E-state index contributed by atoms with van der Waals surface area (Å²) in [5.74, 6) is -0.789. The third-order valence-electron chi connectivity index (χ3n) is 4.02. The van der Waals surface area contributed by atoms with Crippen molar-refractivity contribution in [1.29, 1.82) is 0 Å². The van der Waals surface area contributed by atoms with E-state index >= 15 is 0 Å². The predicted octanol–water partition coefficient (Wildman–Crippen LogP) is 4.39. The van der Waals surface area contributed by atoms with Crippen LogP contribution in [0.15, 0.2) is 68.0 Å². The molecule has 2 aromatic carbocycles. The molecule has 1 aliphatic rings. The van der Waals surface area contributed by atoms with Gasteiger partial charge >= 0.3 is 5.97 Å². The van der Waals surface area contributed by atoms with Crippen molar-refractivity contribution in [3.63, 3.8) is 0 Å². The zero-order valence-corrected chi connectivity index (χ0v) is 17.9. The smallest absolute Gasteiger partial charge is 0.351 e. The van der Waals surface area contributed by atoms with E-state index < -0.39 is 28.1 Å². The maximum atomic E-state index is 12.9. The normalized spacial score (nSPS) is 18.5. The van der Waals surface area contributed by atoms with Crippen molar-refractivity contribution in [3.8, 4) is 0 Å². The zero-order valence-electron chi connectivity index (χ0n) is 13.9. The average Bonchev–Trinajstić information content (AvgIpc) is 2.88. The summed E-state index contributed by atoms with van der Waals surface area (Å²) < 4.78 is 34.3. The van der Waals surface area contributed by atoms with Gasteiger partial charge in [0.25, 0.3) is 0 Å². The highest BCUT2D eigenvalue weighted by Crippen LogP contribution is 2.37. The zero-order chi connectivity index (χ0) is 19.8. The highest BCUT2D eigenvalue weighted by molar-refractivity contribution is 9.10. The van der Waals surface area contributed by atoms with E-state index in [0.717, 1.165) is 10.0 Å². The van der Waals surface area contributed by atoms with Gasteiger partial charge in [-0.25, -0.2) is 13.2 Å². The molecule has 0 bridgehead atoms. The Kier molecular flexibility index (Phi) is 5.98. The largest absolute Gasteiger partial charge is 0.450 e. The van der Waals surface area contributed by atoms with Crippen LogP contribution in [0.2, 0.25) is 0 Å². The van der Waals surface area contributed by atoms with Crippen molar-refractivity contribution in [3.05, 3.63) is 74.2 Å². The van der Waals surface area contributed by atoms with Crippen LogP contribution in [0.3, 0.4) is 0 Å². The fourth-order valence-electron chi connectivity index (χ4n) is 2.58. The number of hydrogen-bond donors (Lipinski definition) is 1. The lowest BCUT2D eigenvalue weighted by atomic mass is 10.0. The van der Waals surface area contributed by atoms with Crippen LogP contribution < -0.4 is 4.72 Å². The van der Waals surface area contributed by atoms with Crippen LogP contribution in [0.25, 0.3) is 0 Å². The van der Waals surface area contributed by atoms with Crippen molar-refractivity contribution in [2.75, 3.05) is 0 Å². The van der Waals surface area contributed by atoms with Gasteiger partial charge in [-0.3, -0.25) is 0 Å². The van der Waals surface area contributed by atoms with Crippen LogP contribution in [0.4, 0.5) is 0 Å². The number of ether oxygens (including phenoxy) is 1. The van der Waals surface area contributed by atoms with Crippen molar-refractivity contribution < 1.29 is 17.9 Å². The Balaban J connectivity index is 2.01. The number of rotatable bonds is 5. The van der Waals surface area contributed by atoms with Crippen LogP contribution >= 0.6 is 39.1 Å². The highest BCUT2D eigenvalue weighted by atomic mass is 79.9. The fourth-order valence-corrected chi connectivity index (χ4v) is 4.47. The molecule has 0 fully saturated rings. The Hall–Kier alpha value is -1.38. The molecule has 0 aromatic heterocycles. The van der Waals surface area contributed by atoms with E-state index in [1.165, 1.54) is 12.1 Å². The minimum absolute atomic E-state index is 0.0406. The van der Waals surface area contributed by atoms with E-state index in [1.54, 1.807) is 36.4 Å². The third kappa shape index (κ3) is 4.38. The molecule has 0 saturated carbocycles. The van der Waals surface area contributed by atoms with Gasteiger partial charge in [0.2, 0.25) is 10.0 Å². The molecule has 0 unspecified atom stereocenters. The van der Waals surface area contributed by atoms with Gasteiger partial charge in [-0.1, -0.05) is 69.0 Å². The maximum Gasteiger partial charge on any atom is 0.351 e. The molecule has 1 heterocycles. The lowest BCUT2D eigenvalue weighted by molar-refractivity contribution is -0.140. The van der Waals surface area contributed by atoms with E-state index in [1.807, 2.05) is 6.92 Å². The third-order valence-corrected chi connectivity index (χ3v) is 6.86. The van der Waals surface area contributed by atoms with Crippen LogP contribution in [0, 0.1) is 6.92 Å². The van der Waals surface area contributed by atoms with Crippen LogP contribution in [-0.4, -0.2) is 20.5 Å². The van der Waals surface area contributed by atoms with Crippen molar-refractivity contribution in [2.24, 2.45) is 0 Å². The van der Waals surface area contributed by atoms with Gasteiger partial charge in [0.05, 0.1) is 16.0 Å². The molecule has 1 N–H and O–H groups in total. The van der Waals surface area contributed by atoms with Gasteiger partial charge in [-0.15, -0.1) is 0 Å². The second-order valence-electron chi connectivity index (χ2n) is 5.95. The van der Waals surface area contributed by atoms with Crippen LogP contribution in [-0.2, 0) is 19.6 Å². The summed E-state index contributed by atoms with van der Waals surface area (Å²) in [5.41, 5.74) is 1.50. The van der Waals surface area contributed by atoms with Crippen molar-refractivity contribution in [2.45, 2.75) is 24.0 Å². The SMILES string of the molecule is Cc1ccc(S(=O)(=O)N[C@H](c2ccc(Br)cc2)[C@@H]2OC(=O)C(Cl)=C2Cl)cc1. The van der Waals surface area contributed by atoms with Crippen molar-refractivity contribution >= 4 is 55.1 Å². The fraction of sp³-hybridized carbons (Fsp3) is 0.167. The number of carbonyl (C=O) groups excluding carboxylic acids is 1. The average molecular weight is 491 g/mol. The molecule has 2 aromatic rings. The summed E-state index contributed by atoms with van der Waals surface area (Å²) >= 11 is 15.3. The molecular weight excluding hydrogens is 477 g/mol. The predicted molar refractivity (Wildman–Crippen MR) is 107 cm³/mol. The summed E-state index contributed by atoms with van der Waals surface area (Å²) in [6.07, 6.45) is -1.06. The molecule has 9 heteroatoms. The van der Waals surface area contributed by atoms with Gasteiger partial charge in [0, 0.05) is 4.47 Å². The number of esters is 1. The number of sulfonamides is 1. The van der Waals surface area contributed by atoms with Crippen LogP contribution in [0.1, 0.15) is 17.2 Å². The molecule has 27 heavy (non-hydrogen) atoms. The van der Waals surface area contributed by atoms with Crippen molar-refractivity contribution in [1.82, 2.24) is 4.72 Å². The first kappa shape index (κ1) is 20.4. The first-order chi connectivity index (χ1) is 12.7. The van der Waals surface area contributed by atoms with E-state index in [2.05, 4.69) is 20.7 Å². The Morgan fingerprint density at radius 3 is 2.19 bits per heavy atom. The van der Waals surface area contributed by atoms with Gasteiger partial charge < -0.3 is 4.74 Å². The maximum absolute atomic E-state index is 12.9. The molecule has 0 amide bonds. The summed E-state index contributed by atoms with van der Waals surface area (Å²) in [4.78, 5) is 11.9. The second-order valence-corrected chi connectivity index (χ2v) is 9.37. The molecule has 142 valence electrons. The number of cyclic esters (lactones) is 1. The molecule has 0 spiro atoms. The topological polar surface area (TPSA) is 72.5 Å². The highest BCUT2D eigenvalue weighted by Gasteiger charge is 2.40. The quantitative estimate of drug-likeness (QED) is 0.630. The number of carbonyl (C=O) groups is 1. The van der Waals surface area contributed by atoms with E-state index in [0.29, 0.717) is 5.56 Å². The van der Waals surface area contributed by atoms with Gasteiger partial charge in [-0.2, -0.15) is 4.72 Å². The Labute approximate surface area is 175 Å². The molecule has 0 aliphatic carbocycles. The molecule has 2 atom stereocenters. The van der Waals surface area contributed by atoms with Gasteiger partial charge in [-0.05, 0) is 36.8 Å². The second kappa shape index (κ2) is 7.93.